The van der Waals surface area contributed by atoms with Gasteiger partial charge in [0.2, 0.25) is 9.36 Å². The summed E-state index contributed by atoms with van der Waals surface area (Å²) in [4.78, 5) is 10.9. The molecule has 0 aromatic carbocycles. The van der Waals surface area contributed by atoms with Gasteiger partial charge in [0.05, 0.1) is 6.61 Å². The molecule has 0 saturated carbocycles. The average Bonchev–Trinajstić information content (AvgIpc) is 2.03. The van der Waals surface area contributed by atoms with Gasteiger partial charge >= 0.3 is 6.16 Å². The van der Waals surface area contributed by atoms with Crippen LogP contribution in [0.1, 0.15) is 19.8 Å². The van der Waals surface area contributed by atoms with Crippen molar-refractivity contribution < 1.29 is 14.3 Å². The summed E-state index contributed by atoms with van der Waals surface area (Å²) in [6, 6.07) is 0. The number of alkyl halides is 4. The molecule has 3 nitrogen and oxygen atoms in total. The van der Waals surface area contributed by atoms with Crippen LogP contribution in [0.3, 0.4) is 0 Å². The minimum absolute atomic E-state index is 0.263. The molecule has 0 saturated heterocycles. The molecule has 0 aliphatic carbocycles. The molecule has 0 fully saturated rings. The molecule has 0 bridgehead atoms. The summed E-state index contributed by atoms with van der Waals surface area (Å²) in [5.74, 6) is 0. The zero-order valence-electron chi connectivity index (χ0n) is 7.44. The SMILES string of the molecule is CCCCOC(=O)OC(Cl)C(Cl)(Cl)Cl. The summed E-state index contributed by atoms with van der Waals surface area (Å²) in [5, 5.41) is 0. The molecule has 0 amide bonds. The molecular formula is C7H10Cl4O3. The van der Waals surface area contributed by atoms with Crippen molar-refractivity contribution >= 4 is 52.6 Å². The molecule has 0 aromatic rings. The molecule has 0 spiro atoms. The van der Waals surface area contributed by atoms with Crippen LogP contribution in [0.5, 0.6) is 0 Å². The Morgan fingerprint density at radius 3 is 2.43 bits per heavy atom. The number of halogens is 4. The van der Waals surface area contributed by atoms with Crippen molar-refractivity contribution in [1.82, 2.24) is 0 Å². The zero-order valence-corrected chi connectivity index (χ0v) is 10.5. The normalized spacial score (nSPS) is 13.5. The first-order valence-corrected chi connectivity index (χ1v) is 5.49. The number of rotatable bonds is 4. The summed E-state index contributed by atoms with van der Waals surface area (Å²) in [6.07, 6.45) is 0.711. The van der Waals surface area contributed by atoms with Gasteiger partial charge in [0, 0.05) is 0 Å². The minimum Gasteiger partial charge on any atom is -0.434 e. The maximum Gasteiger partial charge on any atom is 0.509 e. The average molecular weight is 284 g/mol. The second-order valence-corrected chi connectivity index (χ2v) is 5.19. The first-order chi connectivity index (χ1) is 6.38. The van der Waals surface area contributed by atoms with E-state index in [0.29, 0.717) is 0 Å². The Morgan fingerprint density at radius 2 is 2.00 bits per heavy atom. The summed E-state index contributed by atoms with van der Waals surface area (Å²) in [6.45, 7) is 2.22. The number of hydrogen-bond acceptors (Lipinski definition) is 3. The lowest BCUT2D eigenvalue weighted by Crippen LogP contribution is -2.26. The van der Waals surface area contributed by atoms with Crippen LogP contribution in [0.2, 0.25) is 0 Å². The minimum atomic E-state index is -1.86. The quantitative estimate of drug-likeness (QED) is 0.446. The van der Waals surface area contributed by atoms with E-state index in [2.05, 4.69) is 9.47 Å². The largest absolute Gasteiger partial charge is 0.509 e. The van der Waals surface area contributed by atoms with Crippen LogP contribution in [0.15, 0.2) is 0 Å². The third-order valence-electron chi connectivity index (χ3n) is 1.17. The Kier molecular flexibility index (Phi) is 7.04. The van der Waals surface area contributed by atoms with E-state index in [-0.39, 0.29) is 6.61 Å². The maximum absolute atomic E-state index is 10.9. The van der Waals surface area contributed by atoms with Gasteiger partial charge in [-0.15, -0.1) is 0 Å². The molecule has 0 heterocycles. The monoisotopic (exact) mass is 282 g/mol. The molecule has 84 valence electrons. The first-order valence-electron chi connectivity index (χ1n) is 3.92. The van der Waals surface area contributed by atoms with Crippen molar-refractivity contribution in [3.05, 3.63) is 0 Å². The van der Waals surface area contributed by atoms with E-state index in [9.17, 15) is 4.79 Å². The molecule has 14 heavy (non-hydrogen) atoms. The Labute approximate surface area is 103 Å². The molecule has 1 atom stereocenters. The van der Waals surface area contributed by atoms with Crippen molar-refractivity contribution in [2.24, 2.45) is 0 Å². The van der Waals surface area contributed by atoms with Crippen molar-refractivity contribution in [2.75, 3.05) is 6.61 Å². The maximum atomic E-state index is 10.9. The smallest absolute Gasteiger partial charge is 0.434 e. The van der Waals surface area contributed by atoms with E-state index in [1.54, 1.807) is 0 Å². The van der Waals surface area contributed by atoms with Crippen molar-refractivity contribution in [3.63, 3.8) is 0 Å². The first kappa shape index (κ1) is 14.4. The molecule has 0 rings (SSSR count). The third kappa shape index (κ3) is 6.82. The van der Waals surface area contributed by atoms with E-state index in [0.717, 1.165) is 12.8 Å². The second kappa shape index (κ2) is 6.83. The number of ether oxygens (including phenoxy) is 2. The van der Waals surface area contributed by atoms with Crippen LogP contribution in [0.4, 0.5) is 4.79 Å². The summed E-state index contributed by atoms with van der Waals surface area (Å²) < 4.78 is 7.24. The molecule has 7 heteroatoms. The van der Waals surface area contributed by atoms with Gasteiger partial charge in [-0.2, -0.15) is 0 Å². The lowest BCUT2D eigenvalue weighted by Gasteiger charge is -2.17. The van der Waals surface area contributed by atoms with Crippen molar-refractivity contribution in [2.45, 2.75) is 29.1 Å². The van der Waals surface area contributed by atoms with E-state index in [4.69, 9.17) is 46.4 Å². The Hall–Kier alpha value is 0.430. The molecular weight excluding hydrogens is 274 g/mol. The van der Waals surface area contributed by atoms with Crippen LogP contribution in [-0.2, 0) is 9.47 Å². The molecule has 0 aliphatic heterocycles. The number of unbranched alkanes of at least 4 members (excludes halogenated alkanes) is 1. The highest BCUT2D eigenvalue weighted by Crippen LogP contribution is 2.34. The summed E-state index contributed by atoms with van der Waals surface area (Å²) in [7, 11) is 0. The van der Waals surface area contributed by atoms with Crippen LogP contribution >= 0.6 is 46.4 Å². The Bertz CT molecular complexity index is 180. The van der Waals surface area contributed by atoms with Gasteiger partial charge in [0.15, 0.2) is 0 Å². The highest BCUT2D eigenvalue weighted by Gasteiger charge is 2.34. The number of carbonyl (C=O) groups is 1. The fourth-order valence-electron chi connectivity index (χ4n) is 0.485. The number of hydrogen-bond donors (Lipinski definition) is 0. The van der Waals surface area contributed by atoms with Gasteiger partial charge in [-0.05, 0) is 6.42 Å². The van der Waals surface area contributed by atoms with Gasteiger partial charge in [-0.25, -0.2) is 4.79 Å². The van der Waals surface area contributed by atoms with Crippen molar-refractivity contribution in [1.29, 1.82) is 0 Å². The zero-order chi connectivity index (χ0) is 11.2. The van der Waals surface area contributed by atoms with E-state index >= 15 is 0 Å². The fraction of sp³-hybridized carbons (Fsp3) is 0.857. The topological polar surface area (TPSA) is 35.5 Å². The van der Waals surface area contributed by atoms with Gasteiger partial charge in [-0.1, -0.05) is 59.7 Å². The third-order valence-corrected chi connectivity index (χ3v) is 2.52. The summed E-state index contributed by atoms with van der Waals surface area (Å²) >= 11 is 21.5. The van der Waals surface area contributed by atoms with E-state index in [1.807, 2.05) is 6.92 Å². The van der Waals surface area contributed by atoms with Gasteiger partial charge in [0.25, 0.3) is 0 Å². The molecule has 0 aliphatic rings. The predicted molar refractivity (Wildman–Crippen MR) is 57.3 cm³/mol. The Balaban J connectivity index is 3.72. The van der Waals surface area contributed by atoms with Crippen LogP contribution < -0.4 is 0 Å². The van der Waals surface area contributed by atoms with Crippen LogP contribution in [-0.4, -0.2) is 22.1 Å². The lowest BCUT2D eigenvalue weighted by atomic mass is 10.4. The van der Waals surface area contributed by atoms with E-state index < -0.39 is 15.5 Å². The van der Waals surface area contributed by atoms with Crippen LogP contribution in [0, 0.1) is 0 Å². The molecule has 0 N–H and O–H groups in total. The fourth-order valence-corrected chi connectivity index (χ4v) is 0.692. The lowest BCUT2D eigenvalue weighted by molar-refractivity contribution is 0.0458. The molecule has 0 aromatic heterocycles. The summed E-state index contributed by atoms with van der Waals surface area (Å²) in [5.41, 5.74) is -1.36. The second-order valence-electron chi connectivity index (χ2n) is 2.43. The highest BCUT2D eigenvalue weighted by molar-refractivity contribution is 6.70. The van der Waals surface area contributed by atoms with E-state index in [1.165, 1.54) is 0 Å². The molecule has 0 radical (unpaired) electrons. The number of carbonyl (C=O) groups excluding carboxylic acids is 1. The molecule has 1 unspecified atom stereocenters. The van der Waals surface area contributed by atoms with Gasteiger partial charge in [-0.3, -0.25) is 0 Å². The standard InChI is InChI=1S/C7H10Cl4O3/c1-2-3-4-13-6(12)14-5(8)7(9,10)11/h5H,2-4H2,1H3. The highest BCUT2D eigenvalue weighted by atomic mass is 35.6. The van der Waals surface area contributed by atoms with Gasteiger partial charge < -0.3 is 9.47 Å². The van der Waals surface area contributed by atoms with Crippen LogP contribution in [0.25, 0.3) is 0 Å². The Morgan fingerprint density at radius 1 is 1.43 bits per heavy atom. The van der Waals surface area contributed by atoms with Crippen molar-refractivity contribution in [3.8, 4) is 0 Å². The van der Waals surface area contributed by atoms with Gasteiger partial charge in [0.1, 0.15) is 0 Å². The predicted octanol–water partition coefficient (Wildman–Crippen LogP) is 3.87.